The molecule has 1 saturated heterocycles. The van der Waals surface area contributed by atoms with Crippen LogP contribution >= 0.6 is 0 Å². The quantitative estimate of drug-likeness (QED) is 0.878. The van der Waals surface area contributed by atoms with Crippen molar-refractivity contribution < 1.29 is 4.79 Å². The molecule has 28 heavy (non-hydrogen) atoms. The zero-order valence-electron chi connectivity index (χ0n) is 17.0. The summed E-state index contributed by atoms with van der Waals surface area (Å²) in [5, 5.41) is 0. The Kier molecular flexibility index (Phi) is 4.77. The van der Waals surface area contributed by atoms with E-state index >= 15 is 0 Å². The van der Waals surface area contributed by atoms with Gasteiger partial charge in [-0.15, -0.1) is 0 Å². The molecule has 2 aromatic heterocycles. The predicted molar refractivity (Wildman–Crippen MR) is 105 cm³/mol. The number of nitrogens with one attached hydrogen (secondary N) is 1. The fourth-order valence-electron chi connectivity index (χ4n) is 3.99. The Labute approximate surface area is 164 Å². The van der Waals surface area contributed by atoms with E-state index in [0.29, 0.717) is 17.8 Å². The summed E-state index contributed by atoms with van der Waals surface area (Å²) in [7, 11) is 0. The van der Waals surface area contributed by atoms with Crippen LogP contribution in [0.1, 0.15) is 71.6 Å². The van der Waals surface area contributed by atoms with E-state index in [1.165, 1.54) is 0 Å². The lowest BCUT2D eigenvalue weighted by Gasteiger charge is -2.24. The first kappa shape index (κ1) is 18.8. The van der Waals surface area contributed by atoms with Crippen LogP contribution in [0.25, 0.3) is 0 Å². The number of hydrogen-bond acceptors (Lipinski definition) is 5. The average Bonchev–Trinajstić information content (AvgIpc) is 3.38. The second kappa shape index (κ2) is 7.11. The molecule has 0 bridgehead atoms. The molecule has 1 unspecified atom stereocenters. The van der Waals surface area contributed by atoms with Gasteiger partial charge in [0.05, 0.1) is 6.04 Å². The number of carbonyl (C=O) groups is 1. The number of aromatic amines is 1. The van der Waals surface area contributed by atoms with Gasteiger partial charge >= 0.3 is 0 Å². The molecule has 1 atom stereocenters. The van der Waals surface area contributed by atoms with Gasteiger partial charge in [-0.25, -0.2) is 15.0 Å². The minimum absolute atomic E-state index is 0.0147. The van der Waals surface area contributed by atoms with Gasteiger partial charge in [0, 0.05) is 47.1 Å². The van der Waals surface area contributed by atoms with Crippen LogP contribution < -0.4 is 5.56 Å². The molecule has 7 nitrogen and oxygen atoms in total. The van der Waals surface area contributed by atoms with Gasteiger partial charge in [-0.05, 0) is 53.4 Å². The highest BCUT2D eigenvalue weighted by atomic mass is 16.2. The Morgan fingerprint density at radius 3 is 2.32 bits per heavy atom. The second-order valence-electron chi connectivity index (χ2n) is 8.09. The summed E-state index contributed by atoms with van der Waals surface area (Å²) in [5.74, 6) is 1.85. The fourth-order valence-corrected chi connectivity index (χ4v) is 3.99. The third-order valence-electron chi connectivity index (χ3n) is 5.99. The van der Waals surface area contributed by atoms with Gasteiger partial charge in [-0.3, -0.25) is 9.59 Å². The van der Waals surface area contributed by atoms with Crippen molar-refractivity contribution in [3.05, 3.63) is 50.2 Å². The highest BCUT2D eigenvalue weighted by Gasteiger charge is 2.40. The van der Waals surface area contributed by atoms with Gasteiger partial charge in [0.15, 0.2) is 5.82 Å². The summed E-state index contributed by atoms with van der Waals surface area (Å²) >= 11 is 0. The molecule has 1 N–H and O–H groups in total. The first-order valence-electron chi connectivity index (χ1n) is 10.1. The molecule has 0 spiro atoms. The minimum Gasteiger partial charge on any atom is -0.332 e. The minimum atomic E-state index is -0.101. The van der Waals surface area contributed by atoms with E-state index in [9.17, 15) is 9.59 Å². The third-order valence-corrected chi connectivity index (χ3v) is 5.99. The van der Waals surface area contributed by atoms with E-state index in [2.05, 4.69) is 9.97 Å². The molecule has 2 aliphatic rings. The summed E-state index contributed by atoms with van der Waals surface area (Å²) < 4.78 is 0. The van der Waals surface area contributed by atoms with Gasteiger partial charge < -0.3 is 9.88 Å². The SMILES string of the molecule is Cc1nc(C2CCCN2C(=O)C2CC2)nc(C)c1Cc1nc(C)c(C)c(=O)[nH]1. The number of likely N-dealkylation sites (tertiary alicyclic amines) is 1. The summed E-state index contributed by atoms with van der Waals surface area (Å²) in [6.45, 7) is 8.36. The number of carbonyl (C=O) groups excluding carboxylic acids is 1. The summed E-state index contributed by atoms with van der Waals surface area (Å²) in [6.07, 6.45) is 4.44. The van der Waals surface area contributed by atoms with Crippen molar-refractivity contribution in [1.82, 2.24) is 24.8 Å². The highest BCUT2D eigenvalue weighted by Crippen LogP contribution is 2.38. The van der Waals surface area contributed by atoms with Crippen LogP contribution in [0.3, 0.4) is 0 Å². The zero-order chi connectivity index (χ0) is 20.0. The third kappa shape index (κ3) is 3.45. The molecule has 0 radical (unpaired) electrons. The molecular formula is C21H27N5O2. The van der Waals surface area contributed by atoms with Gasteiger partial charge in [-0.2, -0.15) is 0 Å². The maximum absolute atomic E-state index is 12.6. The standard InChI is InChI=1S/C21H27N5O2/c1-11-12(2)22-18(25-20(11)27)10-16-13(3)23-19(24-14(16)4)17-6-5-9-26(17)21(28)15-7-8-15/h15,17H,5-10H2,1-4H3,(H,22,25,27). The monoisotopic (exact) mass is 381 g/mol. The Balaban J connectivity index is 1.62. The summed E-state index contributed by atoms with van der Waals surface area (Å²) in [4.78, 5) is 43.5. The van der Waals surface area contributed by atoms with Crippen LogP contribution in [0, 0.1) is 33.6 Å². The number of hydrogen-bond donors (Lipinski definition) is 1. The number of H-pyrrole nitrogens is 1. The van der Waals surface area contributed by atoms with E-state index in [4.69, 9.17) is 9.97 Å². The van der Waals surface area contributed by atoms with E-state index in [1.54, 1.807) is 6.92 Å². The van der Waals surface area contributed by atoms with Crippen LogP contribution in [0.15, 0.2) is 4.79 Å². The maximum atomic E-state index is 12.6. The molecule has 1 amide bonds. The van der Waals surface area contributed by atoms with E-state index in [-0.39, 0.29) is 23.4 Å². The smallest absolute Gasteiger partial charge is 0.254 e. The zero-order valence-corrected chi connectivity index (χ0v) is 17.0. The van der Waals surface area contributed by atoms with Crippen molar-refractivity contribution in [3.8, 4) is 0 Å². The molecule has 4 rings (SSSR count). The average molecular weight is 381 g/mol. The Bertz CT molecular complexity index is 970. The first-order chi connectivity index (χ1) is 13.3. The normalized spacial score (nSPS) is 19.3. The molecule has 1 aliphatic carbocycles. The van der Waals surface area contributed by atoms with Gasteiger partial charge in [-0.1, -0.05) is 0 Å². The molecule has 7 heteroatoms. The van der Waals surface area contributed by atoms with Crippen LogP contribution in [-0.4, -0.2) is 37.3 Å². The van der Waals surface area contributed by atoms with Crippen molar-refractivity contribution in [2.24, 2.45) is 5.92 Å². The van der Waals surface area contributed by atoms with Crippen LogP contribution in [0.4, 0.5) is 0 Å². The molecule has 1 aliphatic heterocycles. The van der Waals surface area contributed by atoms with Gasteiger partial charge in [0.25, 0.3) is 5.56 Å². The van der Waals surface area contributed by atoms with Crippen molar-refractivity contribution in [2.75, 3.05) is 6.54 Å². The molecule has 148 valence electrons. The molecule has 2 fully saturated rings. The predicted octanol–water partition coefficient (Wildman–Crippen LogP) is 2.46. The second-order valence-corrected chi connectivity index (χ2v) is 8.09. The molecule has 2 aromatic rings. The number of aromatic nitrogens is 4. The van der Waals surface area contributed by atoms with E-state index in [0.717, 1.165) is 60.7 Å². The van der Waals surface area contributed by atoms with Crippen molar-refractivity contribution in [2.45, 2.75) is 65.8 Å². The Hall–Kier alpha value is -2.57. The number of amides is 1. The number of rotatable bonds is 4. The topological polar surface area (TPSA) is 91.8 Å². The van der Waals surface area contributed by atoms with E-state index < -0.39 is 0 Å². The number of aryl methyl sites for hydroxylation is 3. The molecule has 3 heterocycles. The van der Waals surface area contributed by atoms with Crippen molar-refractivity contribution in [1.29, 1.82) is 0 Å². The molecular weight excluding hydrogens is 354 g/mol. The Morgan fingerprint density at radius 1 is 1.04 bits per heavy atom. The largest absolute Gasteiger partial charge is 0.332 e. The fraction of sp³-hybridized carbons (Fsp3) is 0.571. The van der Waals surface area contributed by atoms with Gasteiger partial charge in [0.2, 0.25) is 5.91 Å². The van der Waals surface area contributed by atoms with Crippen molar-refractivity contribution in [3.63, 3.8) is 0 Å². The van der Waals surface area contributed by atoms with Crippen LogP contribution in [0.5, 0.6) is 0 Å². The lowest BCUT2D eigenvalue weighted by atomic mass is 10.1. The van der Waals surface area contributed by atoms with Crippen LogP contribution in [0.2, 0.25) is 0 Å². The van der Waals surface area contributed by atoms with Gasteiger partial charge in [0.1, 0.15) is 5.82 Å². The van der Waals surface area contributed by atoms with Crippen LogP contribution in [-0.2, 0) is 11.2 Å². The first-order valence-corrected chi connectivity index (χ1v) is 10.1. The number of nitrogens with zero attached hydrogens (tertiary/aromatic N) is 4. The Morgan fingerprint density at radius 2 is 1.71 bits per heavy atom. The van der Waals surface area contributed by atoms with E-state index in [1.807, 2.05) is 25.7 Å². The highest BCUT2D eigenvalue weighted by molar-refractivity contribution is 5.81. The lowest BCUT2D eigenvalue weighted by Crippen LogP contribution is -2.33. The molecule has 1 saturated carbocycles. The summed E-state index contributed by atoms with van der Waals surface area (Å²) in [5.41, 5.74) is 4.03. The summed E-state index contributed by atoms with van der Waals surface area (Å²) in [6, 6.07) is -0.0147. The maximum Gasteiger partial charge on any atom is 0.254 e. The molecule has 0 aromatic carbocycles. The lowest BCUT2D eigenvalue weighted by molar-refractivity contribution is -0.133. The van der Waals surface area contributed by atoms with Crippen molar-refractivity contribution >= 4 is 5.91 Å².